The largest absolute Gasteiger partial charge is 0.485 e. The van der Waals surface area contributed by atoms with Gasteiger partial charge >= 0.3 is 5.97 Å². The number of ether oxygens (including phenoxy) is 2. The SMILES string of the molecule is Cc1cc2c(cc1C)O[C@@](C)(C(=O)O)CO2. The molecule has 0 amide bonds. The number of aryl methyl sites for hydroxylation is 2. The van der Waals surface area contributed by atoms with Gasteiger partial charge in [0.25, 0.3) is 0 Å². The zero-order valence-electron chi connectivity index (χ0n) is 9.53. The van der Waals surface area contributed by atoms with Crippen molar-refractivity contribution < 1.29 is 19.4 Å². The smallest absolute Gasteiger partial charge is 0.351 e. The molecule has 1 atom stereocenters. The number of carboxylic acid groups (broad SMARTS) is 1. The van der Waals surface area contributed by atoms with Gasteiger partial charge in [-0.05, 0) is 44.0 Å². The second-order valence-corrected chi connectivity index (χ2v) is 4.31. The van der Waals surface area contributed by atoms with Crippen LogP contribution in [-0.2, 0) is 4.79 Å². The summed E-state index contributed by atoms with van der Waals surface area (Å²) in [6.45, 7) is 5.46. The predicted octanol–water partition coefficient (Wildman–Crippen LogP) is 1.92. The van der Waals surface area contributed by atoms with Gasteiger partial charge in [0.1, 0.15) is 6.61 Å². The third-order valence-electron chi connectivity index (χ3n) is 2.85. The van der Waals surface area contributed by atoms with Gasteiger partial charge in [-0.2, -0.15) is 0 Å². The molecule has 0 bridgehead atoms. The monoisotopic (exact) mass is 222 g/mol. The minimum absolute atomic E-state index is 0.0256. The Kier molecular flexibility index (Phi) is 2.30. The second-order valence-electron chi connectivity index (χ2n) is 4.31. The summed E-state index contributed by atoms with van der Waals surface area (Å²) in [5.41, 5.74) is 0.854. The standard InChI is InChI=1S/C12H14O4/c1-7-4-9-10(5-8(7)2)16-12(3,6-15-9)11(13)14/h4-5H,6H2,1-3H3,(H,13,14)/t12-/m1/s1. The molecule has 0 radical (unpaired) electrons. The summed E-state index contributed by atoms with van der Waals surface area (Å²) in [4.78, 5) is 11.0. The van der Waals surface area contributed by atoms with Gasteiger partial charge in [-0.3, -0.25) is 0 Å². The van der Waals surface area contributed by atoms with Crippen molar-refractivity contribution >= 4 is 5.97 Å². The maximum absolute atomic E-state index is 11.0. The van der Waals surface area contributed by atoms with Crippen molar-refractivity contribution in [1.29, 1.82) is 0 Å². The van der Waals surface area contributed by atoms with Crippen LogP contribution in [0.2, 0.25) is 0 Å². The van der Waals surface area contributed by atoms with E-state index in [1.54, 1.807) is 0 Å². The van der Waals surface area contributed by atoms with Crippen molar-refractivity contribution in [3.63, 3.8) is 0 Å². The van der Waals surface area contributed by atoms with Gasteiger partial charge in [0.2, 0.25) is 5.60 Å². The molecule has 4 heteroatoms. The molecule has 1 aromatic rings. The van der Waals surface area contributed by atoms with E-state index in [-0.39, 0.29) is 6.61 Å². The number of carbonyl (C=O) groups is 1. The molecule has 16 heavy (non-hydrogen) atoms. The number of hydrogen-bond donors (Lipinski definition) is 1. The van der Waals surface area contributed by atoms with Crippen LogP contribution in [0.15, 0.2) is 12.1 Å². The highest BCUT2D eigenvalue weighted by molar-refractivity contribution is 5.78. The maximum Gasteiger partial charge on any atom is 0.351 e. The Labute approximate surface area is 93.8 Å². The van der Waals surface area contributed by atoms with Crippen molar-refractivity contribution in [2.45, 2.75) is 26.4 Å². The van der Waals surface area contributed by atoms with Gasteiger partial charge in [0.15, 0.2) is 11.5 Å². The van der Waals surface area contributed by atoms with Crippen LogP contribution in [0.25, 0.3) is 0 Å². The highest BCUT2D eigenvalue weighted by Crippen LogP contribution is 2.37. The quantitative estimate of drug-likeness (QED) is 0.788. The predicted molar refractivity (Wildman–Crippen MR) is 58.1 cm³/mol. The van der Waals surface area contributed by atoms with E-state index in [0.717, 1.165) is 11.1 Å². The van der Waals surface area contributed by atoms with Crippen molar-refractivity contribution in [2.24, 2.45) is 0 Å². The van der Waals surface area contributed by atoms with Gasteiger partial charge in [-0.1, -0.05) is 0 Å². The topological polar surface area (TPSA) is 55.8 Å². The Hall–Kier alpha value is -1.71. The van der Waals surface area contributed by atoms with Gasteiger partial charge in [-0.15, -0.1) is 0 Å². The van der Waals surface area contributed by atoms with Gasteiger partial charge in [0, 0.05) is 0 Å². The van der Waals surface area contributed by atoms with E-state index >= 15 is 0 Å². The Balaban J connectivity index is 2.41. The van der Waals surface area contributed by atoms with E-state index in [9.17, 15) is 4.79 Å². The molecule has 1 aromatic carbocycles. The Morgan fingerprint density at radius 3 is 2.44 bits per heavy atom. The Morgan fingerprint density at radius 1 is 1.31 bits per heavy atom. The number of carboxylic acids is 1. The molecule has 4 nitrogen and oxygen atoms in total. The molecule has 0 aromatic heterocycles. The summed E-state index contributed by atoms with van der Waals surface area (Å²) < 4.78 is 10.9. The first-order valence-corrected chi connectivity index (χ1v) is 5.09. The molecule has 0 aliphatic carbocycles. The zero-order chi connectivity index (χ0) is 11.9. The molecule has 1 aliphatic heterocycles. The molecule has 86 valence electrons. The van der Waals surface area contributed by atoms with E-state index in [1.807, 2.05) is 26.0 Å². The maximum atomic E-state index is 11.0. The summed E-state index contributed by atoms with van der Waals surface area (Å²) >= 11 is 0. The van der Waals surface area contributed by atoms with Crippen molar-refractivity contribution in [2.75, 3.05) is 6.61 Å². The summed E-state index contributed by atoms with van der Waals surface area (Å²) in [7, 11) is 0. The minimum Gasteiger partial charge on any atom is -0.485 e. The summed E-state index contributed by atoms with van der Waals surface area (Å²) in [6.07, 6.45) is 0. The molecule has 0 unspecified atom stereocenters. The number of aliphatic carboxylic acids is 1. The Bertz CT molecular complexity index is 453. The molecular formula is C12H14O4. The third kappa shape index (κ3) is 1.60. The van der Waals surface area contributed by atoms with Crippen molar-refractivity contribution in [3.8, 4) is 11.5 Å². The van der Waals surface area contributed by atoms with Crippen LogP contribution in [0, 0.1) is 13.8 Å². The van der Waals surface area contributed by atoms with Gasteiger partial charge in [-0.25, -0.2) is 4.79 Å². The van der Waals surface area contributed by atoms with Crippen LogP contribution in [0.5, 0.6) is 11.5 Å². The molecule has 1 heterocycles. The molecular weight excluding hydrogens is 208 g/mol. The molecule has 0 spiro atoms. The second kappa shape index (κ2) is 3.40. The van der Waals surface area contributed by atoms with Crippen LogP contribution in [0.3, 0.4) is 0 Å². The van der Waals surface area contributed by atoms with Crippen LogP contribution < -0.4 is 9.47 Å². The van der Waals surface area contributed by atoms with Crippen molar-refractivity contribution in [3.05, 3.63) is 23.3 Å². The lowest BCUT2D eigenvalue weighted by molar-refractivity contribution is -0.158. The zero-order valence-corrected chi connectivity index (χ0v) is 9.53. The van der Waals surface area contributed by atoms with E-state index in [2.05, 4.69) is 0 Å². The highest BCUT2D eigenvalue weighted by atomic mass is 16.6. The summed E-state index contributed by atoms with van der Waals surface area (Å²) in [6, 6.07) is 3.68. The van der Waals surface area contributed by atoms with Crippen LogP contribution >= 0.6 is 0 Å². The fourth-order valence-electron chi connectivity index (χ4n) is 1.55. The normalized spacial score (nSPS) is 22.9. The fourth-order valence-corrected chi connectivity index (χ4v) is 1.55. The van der Waals surface area contributed by atoms with E-state index in [0.29, 0.717) is 11.5 Å². The molecule has 0 fully saturated rings. The van der Waals surface area contributed by atoms with Crippen LogP contribution in [-0.4, -0.2) is 23.3 Å². The first kappa shape index (κ1) is 10.8. The first-order chi connectivity index (χ1) is 7.42. The summed E-state index contributed by atoms with van der Waals surface area (Å²) in [5, 5.41) is 9.04. The lowest BCUT2D eigenvalue weighted by atomic mass is 10.0. The minimum atomic E-state index is -1.30. The molecule has 1 N–H and O–H groups in total. The number of fused-ring (bicyclic) bond motifs is 1. The van der Waals surface area contributed by atoms with E-state index < -0.39 is 11.6 Å². The fraction of sp³-hybridized carbons (Fsp3) is 0.417. The molecule has 0 saturated carbocycles. The molecule has 1 aliphatic rings. The van der Waals surface area contributed by atoms with E-state index in [4.69, 9.17) is 14.6 Å². The van der Waals surface area contributed by atoms with Crippen molar-refractivity contribution in [1.82, 2.24) is 0 Å². The summed E-state index contributed by atoms with van der Waals surface area (Å²) in [5.74, 6) is 0.0949. The highest BCUT2D eigenvalue weighted by Gasteiger charge is 2.40. The number of benzene rings is 1. The van der Waals surface area contributed by atoms with Crippen LogP contribution in [0.4, 0.5) is 0 Å². The molecule has 0 saturated heterocycles. The molecule has 2 rings (SSSR count). The number of rotatable bonds is 1. The van der Waals surface area contributed by atoms with E-state index in [1.165, 1.54) is 6.92 Å². The lowest BCUT2D eigenvalue weighted by Crippen LogP contribution is -2.49. The Morgan fingerprint density at radius 2 is 1.88 bits per heavy atom. The van der Waals surface area contributed by atoms with Gasteiger partial charge in [0.05, 0.1) is 0 Å². The average molecular weight is 222 g/mol. The first-order valence-electron chi connectivity index (χ1n) is 5.09. The average Bonchev–Trinajstić information content (AvgIpc) is 2.20. The third-order valence-corrected chi connectivity index (χ3v) is 2.85. The van der Waals surface area contributed by atoms with Gasteiger partial charge < -0.3 is 14.6 Å². The number of hydrogen-bond acceptors (Lipinski definition) is 3. The lowest BCUT2D eigenvalue weighted by Gasteiger charge is -2.32. The van der Waals surface area contributed by atoms with Crippen LogP contribution in [0.1, 0.15) is 18.1 Å².